The van der Waals surface area contributed by atoms with E-state index in [-0.39, 0.29) is 0 Å². The van der Waals surface area contributed by atoms with Crippen molar-refractivity contribution in [3.63, 3.8) is 0 Å². The van der Waals surface area contributed by atoms with Crippen molar-refractivity contribution in [3.8, 4) is 0 Å². The lowest BCUT2D eigenvalue weighted by molar-refractivity contribution is 0.0538. The molecule has 3 nitrogen and oxygen atoms in total. The maximum atomic E-state index is 6.24. The van der Waals surface area contributed by atoms with Crippen LogP contribution in [0, 0.1) is 5.92 Å². The first-order valence-electron chi connectivity index (χ1n) is 6.23. The van der Waals surface area contributed by atoms with Gasteiger partial charge in [0.05, 0.1) is 5.02 Å². The van der Waals surface area contributed by atoms with Crippen LogP contribution in [0.1, 0.15) is 31.4 Å². The lowest BCUT2D eigenvalue weighted by Gasteiger charge is -2.31. The Hall–Kier alpha value is -0.640. The molecule has 1 aliphatic rings. The molecule has 0 saturated carbocycles. The Morgan fingerprint density at radius 2 is 2.29 bits per heavy atom. The van der Waals surface area contributed by atoms with Gasteiger partial charge in [-0.15, -0.1) is 0 Å². The van der Waals surface area contributed by atoms with E-state index in [1.165, 1.54) is 0 Å². The van der Waals surface area contributed by atoms with Gasteiger partial charge in [-0.3, -0.25) is 4.98 Å². The Morgan fingerprint density at radius 3 is 2.94 bits per heavy atom. The molecule has 0 aromatic carbocycles. The highest BCUT2D eigenvalue weighted by molar-refractivity contribution is 6.31. The first-order chi connectivity index (χ1) is 8.33. The number of rotatable bonds is 4. The lowest BCUT2D eigenvalue weighted by atomic mass is 9.87. The standard InChI is InChI=1S/C13H19ClN2O/c1-2-16-13(10-4-7-17-8-5-10)11-3-6-15-9-12(11)14/h3,6,9-10,13,16H,2,4-5,7-8H2,1H3. The monoisotopic (exact) mass is 254 g/mol. The van der Waals surface area contributed by atoms with Crippen LogP contribution >= 0.6 is 11.6 Å². The Labute approximate surface area is 108 Å². The van der Waals surface area contributed by atoms with Crippen molar-refractivity contribution in [2.75, 3.05) is 19.8 Å². The topological polar surface area (TPSA) is 34.2 Å². The minimum atomic E-state index is 0.319. The molecule has 1 aliphatic heterocycles. The van der Waals surface area contributed by atoms with Crippen LogP contribution in [0.5, 0.6) is 0 Å². The van der Waals surface area contributed by atoms with E-state index < -0.39 is 0 Å². The third kappa shape index (κ3) is 3.18. The summed E-state index contributed by atoms with van der Waals surface area (Å²) >= 11 is 6.24. The second-order valence-corrected chi connectivity index (χ2v) is 4.79. The van der Waals surface area contributed by atoms with Crippen molar-refractivity contribution in [2.24, 2.45) is 5.92 Å². The Kier molecular flexibility index (Phi) is 4.77. The molecule has 2 rings (SSSR count). The minimum Gasteiger partial charge on any atom is -0.381 e. The maximum Gasteiger partial charge on any atom is 0.0637 e. The van der Waals surface area contributed by atoms with E-state index in [4.69, 9.17) is 16.3 Å². The molecule has 0 spiro atoms. The largest absolute Gasteiger partial charge is 0.381 e. The number of nitrogens with one attached hydrogen (secondary N) is 1. The van der Waals surface area contributed by atoms with Gasteiger partial charge in [0.2, 0.25) is 0 Å². The zero-order chi connectivity index (χ0) is 12.1. The fourth-order valence-electron chi connectivity index (χ4n) is 2.44. The summed E-state index contributed by atoms with van der Waals surface area (Å²) in [5.74, 6) is 0.601. The van der Waals surface area contributed by atoms with Crippen molar-refractivity contribution in [1.29, 1.82) is 0 Å². The fourth-order valence-corrected chi connectivity index (χ4v) is 2.67. The molecule has 1 aromatic rings. The van der Waals surface area contributed by atoms with Gasteiger partial charge in [0, 0.05) is 31.6 Å². The quantitative estimate of drug-likeness (QED) is 0.897. The molecule has 0 amide bonds. The summed E-state index contributed by atoms with van der Waals surface area (Å²) in [4.78, 5) is 4.05. The van der Waals surface area contributed by atoms with E-state index in [0.29, 0.717) is 12.0 Å². The van der Waals surface area contributed by atoms with Gasteiger partial charge >= 0.3 is 0 Å². The first kappa shape index (κ1) is 12.8. The van der Waals surface area contributed by atoms with Gasteiger partial charge in [0.1, 0.15) is 0 Å². The average molecular weight is 255 g/mol. The molecule has 17 heavy (non-hydrogen) atoms. The molecule has 1 atom stereocenters. The van der Waals surface area contributed by atoms with E-state index in [2.05, 4.69) is 17.2 Å². The summed E-state index contributed by atoms with van der Waals surface area (Å²) in [5.41, 5.74) is 1.16. The van der Waals surface area contributed by atoms with Crippen LogP contribution in [0.3, 0.4) is 0 Å². The van der Waals surface area contributed by atoms with Crippen LogP contribution in [0.15, 0.2) is 18.5 Å². The van der Waals surface area contributed by atoms with Crippen LogP contribution in [-0.4, -0.2) is 24.7 Å². The predicted octanol–water partition coefficient (Wildman–Crippen LogP) is 2.81. The van der Waals surface area contributed by atoms with E-state index in [1.807, 2.05) is 12.3 Å². The molecule has 4 heteroatoms. The molecule has 2 heterocycles. The molecular formula is C13H19ClN2O. The van der Waals surface area contributed by atoms with Crippen molar-refractivity contribution < 1.29 is 4.74 Å². The van der Waals surface area contributed by atoms with Gasteiger partial charge in [-0.2, -0.15) is 0 Å². The molecule has 0 bridgehead atoms. The second-order valence-electron chi connectivity index (χ2n) is 4.38. The lowest BCUT2D eigenvalue weighted by Crippen LogP contribution is -2.32. The van der Waals surface area contributed by atoms with E-state index in [0.717, 1.165) is 43.2 Å². The van der Waals surface area contributed by atoms with Crippen LogP contribution in [-0.2, 0) is 4.74 Å². The highest BCUT2D eigenvalue weighted by atomic mass is 35.5. The van der Waals surface area contributed by atoms with E-state index >= 15 is 0 Å². The minimum absolute atomic E-state index is 0.319. The number of hydrogen-bond donors (Lipinski definition) is 1. The number of halogens is 1. The van der Waals surface area contributed by atoms with E-state index in [9.17, 15) is 0 Å². The van der Waals surface area contributed by atoms with Gasteiger partial charge in [-0.05, 0) is 36.9 Å². The van der Waals surface area contributed by atoms with Crippen LogP contribution in [0.2, 0.25) is 5.02 Å². The summed E-state index contributed by atoms with van der Waals surface area (Å²) in [6.45, 7) is 4.78. The SMILES string of the molecule is CCNC(c1ccncc1Cl)C1CCOCC1. The number of nitrogens with zero attached hydrogens (tertiary/aromatic N) is 1. The van der Waals surface area contributed by atoms with Crippen molar-refractivity contribution in [1.82, 2.24) is 10.3 Å². The van der Waals surface area contributed by atoms with Crippen LogP contribution in [0.25, 0.3) is 0 Å². The predicted molar refractivity (Wildman–Crippen MR) is 69.2 cm³/mol. The fraction of sp³-hybridized carbons (Fsp3) is 0.615. The molecule has 1 aromatic heterocycles. The molecule has 1 unspecified atom stereocenters. The summed E-state index contributed by atoms with van der Waals surface area (Å²) in [6.07, 6.45) is 5.72. The third-order valence-electron chi connectivity index (χ3n) is 3.30. The van der Waals surface area contributed by atoms with Gasteiger partial charge < -0.3 is 10.1 Å². The highest BCUT2D eigenvalue weighted by Gasteiger charge is 2.26. The van der Waals surface area contributed by atoms with Crippen LogP contribution < -0.4 is 5.32 Å². The van der Waals surface area contributed by atoms with Crippen molar-refractivity contribution in [3.05, 3.63) is 29.0 Å². The summed E-state index contributed by atoms with van der Waals surface area (Å²) in [7, 11) is 0. The first-order valence-corrected chi connectivity index (χ1v) is 6.61. The normalized spacial score (nSPS) is 19.2. The van der Waals surface area contributed by atoms with Gasteiger partial charge in [0.25, 0.3) is 0 Å². The molecule has 0 radical (unpaired) electrons. The highest BCUT2D eigenvalue weighted by Crippen LogP contribution is 2.33. The summed E-state index contributed by atoms with van der Waals surface area (Å²) < 4.78 is 5.42. The van der Waals surface area contributed by atoms with Gasteiger partial charge in [-0.1, -0.05) is 18.5 Å². The number of aromatic nitrogens is 1. The van der Waals surface area contributed by atoms with Crippen molar-refractivity contribution in [2.45, 2.75) is 25.8 Å². The zero-order valence-electron chi connectivity index (χ0n) is 10.2. The second kappa shape index (κ2) is 6.34. The maximum absolute atomic E-state index is 6.24. The summed E-state index contributed by atoms with van der Waals surface area (Å²) in [6, 6.07) is 2.34. The molecule has 1 fully saturated rings. The molecule has 94 valence electrons. The number of hydrogen-bond acceptors (Lipinski definition) is 3. The molecule has 0 aliphatic carbocycles. The Balaban J connectivity index is 2.18. The van der Waals surface area contributed by atoms with Gasteiger partial charge in [-0.25, -0.2) is 0 Å². The van der Waals surface area contributed by atoms with Crippen LogP contribution in [0.4, 0.5) is 0 Å². The molecule has 1 N–H and O–H groups in total. The summed E-state index contributed by atoms with van der Waals surface area (Å²) in [5, 5.41) is 4.30. The average Bonchev–Trinajstić information content (AvgIpc) is 2.38. The Morgan fingerprint density at radius 1 is 1.53 bits per heavy atom. The molecular weight excluding hydrogens is 236 g/mol. The van der Waals surface area contributed by atoms with E-state index in [1.54, 1.807) is 6.20 Å². The molecule has 1 saturated heterocycles. The number of ether oxygens (including phenoxy) is 1. The van der Waals surface area contributed by atoms with Crippen molar-refractivity contribution >= 4 is 11.6 Å². The van der Waals surface area contributed by atoms with Gasteiger partial charge in [0.15, 0.2) is 0 Å². The smallest absolute Gasteiger partial charge is 0.0637 e. The number of pyridine rings is 1. The zero-order valence-corrected chi connectivity index (χ0v) is 10.9. The Bertz CT molecular complexity index is 353. The third-order valence-corrected chi connectivity index (χ3v) is 3.62.